The van der Waals surface area contributed by atoms with Crippen molar-refractivity contribution in [3.63, 3.8) is 0 Å². The monoisotopic (exact) mass is 358 g/mol. The van der Waals surface area contributed by atoms with E-state index in [1.165, 1.54) is 12.4 Å². The van der Waals surface area contributed by atoms with E-state index >= 15 is 0 Å². The summed E-state index contributed by atoms with van der Waals surface area (Å²) in [5, 5.41) is 13.3. The maximum Gasteiger partial charge on any atom is 0.278 e. The molecule has 0 saturated carbocycles. The van der Waals surface area contributed by atoms with Crippen molar-refractivity contribution in [1.82, 2.24) is 10.3 Å². The molecule has 0 aromatic carbocycles. The van der Waals surface area contributed by atoms with Gasteiger partial charge in [-0.3, -0.25) is 10.2 Å². The second-order valence-corrected chi connectivity index (χ2v) is 6.46. The third-order valence-corrected chi connectivity index (χ3v) is 4.20. The zero-order valence-electron chi connectivity index (χ0n) is 15.1. The van der Waals surface area contributed by atoms with Gasteiger partial charge in [-0.25, -0.2) is 9.98 Å². The van der Waals surface area contributed by atoms with E-state index in [0.29, 0.717) is 5.82 Å². The Morgan fingerprint density at radius 3 is 2.81 bits per heavy atom. The quantitative estimate of drug-likeness (QED) is 0.368. The molecule has 7 N–H and O–H groups in total. The number of rotatable bonds is 6. The van der Waals surface area contributed by atoms with E-state index in [-0.39, 0.29) is 11.4 Å². The zero-order chi connectivity index (χ0) is 19.2. The van der Waals surface area contributed by atoms with Crippen LogP contribution in [-0.2, 0) is 4.79 Å². The number of piperidine rings is 1. The molecular formula is C17H26N8O. The van der Waals surface area contributed by atoms with Crippen LogP contribution in [0.15, 0.2) is 35.7 Å². The van der Waals surface area contributed by atoms with Crippen molar-refractivity contribution in [1.29, 1.82) is 5.41 Å². The van der Waals surface area contributed by atoms with Crippen molar-refractivity contribution < 1.29 is 4.79 Å². The predicted octanol–water partition coefficient (Wildman–Crippen LogP) is 0.405. The van der Waals surface area contributed by atoms with Crippen LogP contribution in [0.3, 0.4) is 0 Å². The van der Waals surface area contributed by atoms with Crippen molar-refractivity contribution in [3.05, 3.63) is 30.7 Å². The van der Waals surface area contributed by atoms with Gasteiger partial charge in [0.25, 0.3) is 5.91 Å². The van der Waals surface area contributed by atoms with Gasteiger partial charge in [-0.1, -0.05) is 0 Å². The molecule has 0 unspecified atom stereocenters. The number of hydrogen-bond acceptors (Lipinski definition) is 7. The fourth-order valence-electron chi connectivity index (χ4n) is 2.55. The smallest absolute Gasteiger partial charge is 0.278 e. The molecule has 26 heavy (non-hydrogen) atoms. The zero-order valence-corrected chi connectivity index (χ0v) is 15.1. The van der Waals surface area contributed by atoms with Crippen LogP contribution >= 0.6 is 0 Å². The van der Waals surface area contributed by atoms with Gasteiger partial charge in [0.15, 0.2) is 17.4 Å². The Hall–Kier alpha value is -2.94. The predicted molar refractivity (Wildman–Crippen MR) is 104 cm³/mol. The van der Waals surface area contributed by atoms with E-state index < -0.39 is 11.6 Å². The number of carbonyl (C=O) groups excluding carboxylic acids is 1. The van der Waals surface area contributed by atoms with Gasteiger partial charge in [-0.05, 0) is 31.9 Å². The summed E-state index contributed by atoms with van der Waals surface area (Å²) in [7, 11) is 1.71. The number of amidine groups is 1. The van der Waals surface area contributed by atoms with Gasteiger partial charge in [0.05, 0.1) is 5.69 Å². The number of aliphatic imine (C=N–C) groups is 1. The highest BCUT2D eigenvalue weighted by molar-refractivity contribution is 6.67. The van der Waals surface area contributed by atoms with E-state index in [0.717, 1.165) is 31.6 Å². The number of nitrogens with two attached hydrogens (primary N) is 2. The lowest BCUT2D eigenvalue weighted by Gasteiger charge is -2.38. The third-order valence-electron chi connectivity index (χ3n) is 4.20. The number of amides is 1. The molecule has 0 atom stereocenters. The Bertz CT molecular complexity index is 715. The lowest BCUT2D eigenvalue weighted by molar-refractivity contribution is -0.110. The Morgan fingerprint density at radius 1 is 1.46 bits per heavy atom. The maximum absolute atomic E-state index is 12.3. The van der Waals surface area contributed by atoms with Gasteiger partial charge in [0, 0.05) is 44.3 Å². The highest BCUT2D eigenvalue weighted by atomic mass is 16.2. The van der Waals surface area contributed by atoms with Crippen molar-refractivity contribution in [2.45, 2.75) is 25.3 Å². The Morgan fingerprint density at radius 2 is 2.15 bits per heavy atom. The van der Waals surface area contributed by atoms with Gasteiger partial charge >= 0.3 is 0 Å². The van der Waals surface area contributed by atoms with Gasteiger partial charge in [-0.2, -0.15) is 0 Å². The summed E-state index contributed by atoms with van der Waals surface area (Å²) < 4.78 is 0. The van der Waals surface area contributed by atoms with E-state index in [9.17, 15) is 4.79 Å². The first-order valence-electron chi connectivity index (χ1n) is 8.39. The van der Waals surface area contributed by atoms with Gasteiger partial charge in [-0.15, -0.1) is 0 Å². The molecular weight excluding hydrogens is 332 g/mol. The van der Waals surface area contributed by atoms with Crippen LogP contribution in [0.4, 0.5) is 11.5 Å². The molecule has 2 rings (SSSR count). The molecule has 1 amide bonds. The molecule has 2 heterocycles. The highest BCUT2D eigenvalue weighted by Crippen LogP contribution is 2.28. The second-order valence-electron chi connectivity index (χ2n) is 6.46. The van der Waals surface area contributed by atoms with E-state index in [4.69, 9.17) is 16.9 Å². The molecule has 1 aliphatic heterocycles. The third kappa shape index (κ3) is 5.03. The van der Waals surface area contributed by atoms with Crippen LogP contribution in [0.25, 0.3) is 0 Å². The van der Waals surface area contributed by atoms with Crippen LogP contribution < -0.4 is 27.0 Å². The number of anilines is 2. The fourth-order valence-corrected chi connectivity index (χ4v) is 2.55. The van der Waals surface area contributed by atoms with Crippen molar-refractivity contribution in [3.8, 4) is 0 Å². The van der Waals surface area contributed by atoms with E-state index in [1.807, 2.05) is 19.1 Å². The molecule has 9 heteroatoms. The number of aromatic nitrogens is 1. The molecule has 0 radical (unpaired) electrons. The molecule has 140 valence electrons. The summed E-state index contributed by atoms with van der Waals surface area (Å²) >= 11 is 0. The number of carbonyl (C=O) groups is 1. The summed E-state index contributed by atoms with van der Waals surface area (Å²) in [6, 6.07) is 3.70. The van der Waals surface area contributed by atoms with Gasteiger partial charge in [0.1, 0.15) is 0 Å². The van der Waals surface area contributed by atoms with Crippen LogP contribution in [0.1, 0.15) is 19.8 Å². The van der Waals surface area contributed by atoms with Crippen LogP contribution in [0, 0.1) is 5.41 Å². The number of nitrogens with one attached hydrogen (secondary N) is 3. The number of hydrogen-bond donors (Lipinski definition) is 5. The van der Waals surface area contributed by atoms with E-state index in [1.54, 1.807) is 13.2 Å². The lowest BCUT2D eigenvalue weighted by Crippen LogP contribution is -2.48. The number of pyridine rings is 1. The number of nitrogens with zero attached hydrogens (tertiary/aromatic N) is 3. The summed E-state index contributed by atoms with van der Waals surface area (Å²) in [4.78, 5) is 22.5. The summed E-state index contributed by atoms with van der Waals surface area (Å²) in [5.74, 6) is -0.450. The summed E-state index contributed by atoms with van der Waals surface area (Å²) in [6.07, 6.45) is 6.20. The Kier molecular flexibility index (Phi) is 6.29. The van der Waals surface area contributed by atoms with Gasteiger partial charge < -0.3 is 27.0 Å². The maximum atomic E-state index is 12.3. The normalized spacial score (nSPS) is 17.2. The highest BCUT2D eigenvalue weighted by Gasteiger charge is 2.27. The minimum atomic E-state index is -0.662. The average molecular weight is 358 g/mol. The van der Waals surface area contributed by atoms with Crippen LogP contribution in [0.2, 0.25) is 0 Å². The molecule has 1 saturated heterocycles. The molecule has 9 nitrogen and oxygen atoms in total. The minimum Gasteiger partial charge on any atom is -0.393 e. The second kappa shape index (κ2) is 8.43. The standard InChI is InChI=1S/C17H26N8O/c1-17(20)5-10-25(11-6-17)12-4-3-7-23-15(12)24-16(26)13(18)14(19)22-9-8-21-2/h3-4,7-9,18,21H,5-6,10-11,20H2,1-2H3,(H2,19,22)(H,23,24,26)/b9-8-,18-13?. The molecule has 1 aromatic heterocycles. The molecule has 0 aliphatic carbocycles. The summed E-state index contributed by atoms with van der Waals surface area (Å²) in [6.45, 7) is 3.59. The largest absolute Gasteiger partial charge is 0.393 e. The minimum absolute atomic E-state index is 0.171. The van der Waals surface area contributed by atoms with Crippen molar-refractivity contribution >= 4 is 29.0 Å². The Labute approximate surface area is 153 Å². The molecule has 0 spiro atoms. The van der Waals surface area contributed by atoms with Crippen LogP contribution in [0.5, 0.6) is 0 Å². The van der Waals surface area contributed by atoms with Crippen LogP contribution in [-0.4, -0.2) is 48.1 Å². The topological polar surface area (TPSA) is 146 Å². The Balaban J connectivity index is 2.10. The van der Waals surface area contributed by atoms with Crippen molar-refractivity contribution in [2.24, 2.45) is 16.5 Å². The molecule has 1 aromatic rings. The summed E-state index contributed by atoms with van der Waals surface area (Å²) in [5.41, 5.74) is 12.1. The van der Waals surface area contributed by atoms with Gasteiger partial charge in [0.2, 0.25) is 0 Å². The fraction of sp³-hybridized carbons (Fsp3) is 0.412. The SMILES string of the molecule is CN/C=C\N=C(N)C(=N)C(=O)Nc1ncccc1N1CCC(C)(N)CC1. The lowest BCUT2D eigenvalue weighted by atomic mass is 9.91. The molecule has 1 aliphatic rings. The molecule has 1 fully saturated rings. The van der Waals surface area contributed by atoms with Crippen molar-refractivity contribution in [2.75, 3.05) is 30.4 Å². The first kappa shape index (κ1) is 19.4. The first-order chi connectivity index (χ1) is 12.3. The van der Waals surface area contributed by atoms with E-state index in [2.05, 4.69) is 25.5 Å². The molecule has 0 bridgehead atoms. The first-order valence-corrected chi connectivity index (χ1v) is 8.39. The average Bonchev–Trinajstić information content (AvgIpc) is 2.62.